The molecular formula is C18H16O6. The maximum atomic E-state index is 12.8. The van der Waals surface area contributed by atoms with Gasteiger partial charge >= 0.3 is 0 Å². The number of carbonyl (C=O) groups excluding carboxylic acids is 1. The summed E-state index contributed by atoms with van der Waals surface area (Å²) in [6.07, 6.45) is 1.39. The van der Waals surface area contributed by atoms with Crippen LogP contribution in [0.15, 0.2) is 41.0 Å². The van der Waals surface area contributed by atoms with E-state index < -0.39 is 0 Å². The van der Waals surface area contributed by atoms with E-state index in [0.717, 1.165) is 0 Å². The van der Waals surface area contributed by atoms with Gasteiger partial charge in [-0.25, -0.2) is 0 Å². The standard InChI is InChI=1S/C18H16O6/c1-21-11-4-5-12-13(9-24-15(12)8-11)17(20)10-6-14(19)18(23-3)16(7-10)22-2/h4-9,19H,1-3H3. The Hall–Kier alpha value is -3.15. The van der Waals surface area contributed by atoms with Crippen LogP contribution in [0.25, 0.3) is 11.0 Å². The molecule has 0 bridgehead atoms. The molecule has 1 heterocycles. The van der Waals surface area contributed by atoms with Crippen LogP contribution in [0.4, 0.5) is 0 Å². The molecule has 0 aliphatic rings. The molecule has 124 valence electrons. The molecule has 6 nitrogen and oxygen atoms in total. The highest BCUT2D eigenvalue weighted by Crippen LogP contribution is 2.38. The van der Waals surface area contributed by atoms with Gasteiger partial charge in [-0.2, -0.15) is 0 Å². The zero-order chi connectivity index (χ0) is 17.3. The van der Waals surface area contributed by atoms with E-state index in [2.05, 4.69) is 0 Å². The van der Waals surface area contributed by atoms with Crippen molar-refractivity contribution in [3.8, 4) is 23.0 Å². The first kappa shape index (κ1) is 15.7. The van der Waals surface area contributed by atoms with Crippen LogP contribution in [0.3, 0.4) is 0 Å². The van der Waals surface area contributed by atoms with Crippen LogP contribution in [-0.2, 0) is 0 Å². The molecule has 1 N–H and O–H groups in total. The number of aromatic hydroxyl groups is 1. The first-order chi connectivity index (χ1) is 11.6. The van der Waals surface area contributed by atoms with Crippen molar-refractivity contribution in [1.29, 1.82) is 0 Å². The van der Waals surface area contributed by atoms with Crippen molar-refractivity contribution < 1.29 is 28.5 Å². The molecule has 0 unspecified atom stereocenters. The Morgan fingerprint density at radius 3 is 2.50 bits per heavy atom. The molecule has 2 aromatic carbocycles. The van der Waals surface area contributed by atoms with Crippen molar-refractivity contribution in [2.24, 2.45) is 0 Å². The lowest BCUT2D eigenvalue weighted by Crippen LogP contribution is -2.02. The number of ketones is 1. The van der Waals surface area contributed by atoms with Gasteiger partial charge in [0.1, 0.15) is 17.6 Å². The van der Waals surface area contributed by atoms with Gasteiger partial charge in [0.15, 0.2) is 17.3 Å². The van der Waals surface area contributed by atoms with Gasteiger partial charge in [-0.1, -0.05) is 0 Å². The van der Waals surface area contributed by atoms with Gasteiger partial charge in [0.05, 0.1) is 26.9 Å². The van der Waals surface area contributed by atoms with Gasteiger partial charge in [-0.15, -0.1) is 0 Å². The number of carbonyl (C=O) groups is 1. The SMILES string of the molecule is COc1ccc2c(C(=O)c3cc(O)c(OC)c(OC)c3)coc2c1. The minimum absolute atomic E-state index is 0.172. The van der Waals surface area contributed by atoms with E-state index in [1.165, 1.54) is 32.6 Å². The van der Waals surface area contributed by atoms with Gasteiger partial charge in [0, 0.05) is 17.0 Å². The van der Waals surface area contributed by atoms with Crippen molar-refractivity contribution in [2.45, 2.75) is 0 Å². The molecule has 0 saturated carbocycles. The monoisotopic (exact) mass is 328 g/mol. The van der Waals surface area contributed by atoms with Crippen LogP contribution in [0.1, 0.15) is 15.9 Å². The summed E-state index contributed by atoms with van der Waals surface area (Å²) in [6, 6.07) is 8.07. The predicted molar refractivity (Wildman–Crippen MR) is 87.4 cm³/mol. The lowest BCUT2D eigenvalue weighted by molar-refractivity contribution is 0.103. The molecule has 6 heteroatoms. The lowest BCUT2D eigenvalue weighted by atomic mass is 10.0. The highest BCUT2D eigenvalue weighted by molar-refractivity contribution is 6.16. The highest BCUT2D eigenvalue weighted by atomic mass is 16.5. The summed E-state index contributed by atoms with van der Waals surface area (Å²) in [4.78, 5) is 12.8. The second-order valence-corrected chi connectivity index (χ2v) is 5.07. The number of furan rings is 1. The maximum Gasteiger partial charge on any atom is 0.203 e. The fourth-order valence-electron chi connectivity index (χ4n) is 2.54. The molecule has 24 heavy (non-hydrogen) atoms. The second-order valence-electron chi connectivity index (χ2n) is 5.07. The van der Waals surface area contributed by atoms with Crippen molar-refractivity contribution in [3.05, 3.63) is 47.7 Å². The van der Waals surface area contributed by atoms with Crippen LogP contribution in [0.2, 0.25) is 0 Å². The third kappa shape index (κ3) is 2.52. The zero-order valence-electron chi connectivity index (χ0n) is 13.5. The Bertz CT molecular complexity index is 909. The fraction of sp³-hybridized carbons (Fsp3) is 0.167. The van der Waals surface area contributed by atoms with Gasteiger partial charge in [-0.3, -0.25) is 4.79 Å². The number of rotatable bonds is 5. The minimum atomic E-state index is -0.296. The fourth-order valence-corrected chi connectivity index (χ4v) is 2.54. The smallest absolute Gasteiger partial charge is 0.203 e. The lowest BCUT2D eigenvalue weighted by Gasteiger charge is -2.11. The summed E-state index contributed by atoms with van der Waals surface area (Å²) < 4.78 is 20.8. The average molecular weight is 328 g/mol. The highest BCUT2D eigenvalue weighted by Gasteiger charge is 2.20. The van der Waals surface area contributed by atoms with E-state index in [9.17, 15) is 9.90 Å². The first-order valence-corrected chi connectivity index (χ1v) is 7.14. The van der Waals surface area contributed by atoms with Crippen molar-refractivity contribution in [2.75, 3.05) is 21.3 Å². The molecule has 0 radical (unpaired) electrons. The number of methoxy groups -OCH3 is 3. The van der Waals surface area contributed by atoms with Gasteiger partial charge in [0.2, 0.25) is 5.75 Å². The van der Waals surface area contributed by atoms with E-state index in [1.54, 1.807) is 25.3 Å². The van der Waals surface area contributed by atoms with Crippen LogP contribution in [0.5, 0.6) is 23.0 Å². The van der Waals surface area contributed by atoms with Crippen LogP contribution >= 0.6 is 0 Å². The Kier molecular flexibility index (Phi) is 4.04. The Labute approximate surface area is 138 Å². The molecular weight excluding hydrogens is 312 g/mol. The number of fused-ring (bicyclic) bond motifs is 1. The molecule has 3 aromatic rings. The number of benzene rings is 2. The quantitative estimate of drug-likeness (QED) is 0.723. The van der Waals surface area contributed by atoms with Crippen LogP contribution < -0.4 is 14.2 Å². The van der Waals surface area contributed by atoms with Gasteiger partial charge in [-0.05, 0) is 24.3 Å². The minimum Gasteiger partial charge on any atom is -0.504 e. The summed E-state index contributed by atoms with van der Waals surface area (Å²) >= 11 is 0. The van der Waals surface area contributed by atoms with Crippen LogP contribution in [-0.4, -0.2) is 32.2 Å². The van der Waals surface area contributed by atoms with Crippen molar-refractivity contribution in [1.82, 2.24) is 0 Å². The predicted octanol–water partition coefficient (Wildman–Crippen LogP) is 3.40. The third-order valence-electron chi connectivity index (χ3n) is 3.75. The Balaban J connectivity index is 2.08. The maximum absolute atomic E-state index is 12.8. The van der Waals surface area contributed by atoms with E-state index in [-0.39, 0.29) is 28.6 Å². The first-order valence-electron chi connectivity index (χ1n) is 7.14. The summed E-state index contributed by atoms with van der Waals surface area (Å²) in [6.45, 7) is 0. The topological polar surface area (TPSA) is 78.1 Å². The molecule has 0 saturated heterocycles. The van der Waals surface area contributed by atoms with E-state index in [4.69, 9.17) is 18.6 Å². The number of phenolic OH excluding ortho intramolecular Hbond substituents is 1. The van der Waals surface area contributed by atoms with Crippen molar-refractivity contribution in [3.63, 3.8) is 0 Å². The van der Waals surface area contributed by atoms with E-state index >= 15 is 0 Å². The van der Waals surface area contributed by atoms with Crippen molar-refractivity contribution >= 4 is 16.8 Å². The summed E-state index contributed by atoms with van der Waals surface area (Å²) in [5.74, 6) is 0.621. The third-order valence-corrected chi connectivity index (χ3v) is 3.75. The van der Waals surface area contributed by atoms with E-state index in [0.29, 0.717) is 22.3 Å². The molecule has 0 amide bonds. The zero-order valence-corrected chi connectivity index (χ0v) is 13.5. The normalized spacial score (nSPS) is 10.6. The molecule has 0 aliphatic carbocycles. The molecule has 0 fully saturated rings. The van der Waals surface area contributed by atoms with Gasteiger partial charge < -0.3 is 23.7 Å². The number of ether oxygens (including phenoxy) is 3. The number of hydrogen-bond donors (Lipinski definition) is 1. The molecule has 0 atom stereocenters. The summed E-state index contributed by atoms with van der Waals surface area (Å²) in [5, 5.41) is 10.7. The Morgan fingerprint density at radius 2 is 1.83 bits per heavy atom. The molecule has 0 spiro atoms. The second kappa shape index (κ2) is 6.16. The molecule has 0 aliphatic heterocycles. The largest absolute Gasteiger partial charge is 0.504 e. The molecule has 3 rings (SSSR count). The summed E-state index contributed by atoms with van der Waals surface area (Å²) in [7, 11) is 4.41. The molecule has 1 aromatic heterocycles. The number of phenols is 1. The number of hydrogen-bond acceptors (Lipinski definition) is 6. The van der Waals surface area contributed by atoms with E-state index in [1.807, 2.05) is 0 Å². The van der Waals surface area contributed by atoms with Crippen LogP contribution in [0, 0.1) is 0 Å². The Morgan fingerprint density at radius 1 is 1.04 bits per heavy atom. The average Bonchev–Trinajstić information content (AvgIpc) is 3.03. The van der Waals surface area contributed by atoms with Gasteiger partial charge in [0.25, 0.3) is 0 Å². The summed E-state index contributed by atoms with van der Waals surface area (Å²) in [5.41, 5.74) is 1.20.